The number of hydrogen-bond acceptors (Lipinski definition) is 4. The first kappa shape index (κ1) is 18.2. The summed E-state index contributed by atoms with van der Waals surface area (Å²) < 4.78 is 38.0. The summed E-state index contributed by atoms with van der Waals surface area (Å²) in [4.78, 5) is 17.8. The van der Waals surface area contributed by atoms with Crippen LogP contribution in [0.15, 0.2) is 5.38 Å². The van der Waals surface area contributed by atoms with Crippen LogP contribution in [0.4, 0.5) is 13.2 Å². The number of carbonyl (C=O) groups excluding carboxylic acids is 1. The summed E-state index contributed by atoms with van der Waals surface area (Å²) in [6, 6.07) is -0.546. The van der Waals surface area contributed by atoms with Gasteiger partial charge >= 0.3 is 6.18 Å². The molecule has 2 N–H and O–H groups in total. The number of nitrogens with two attached hydrogens (primary N) is 1. The lowest BCUT2D eigenvalue weighted by atomic mass is 9.96. The van der Waals surface area contributed by atoms with Gasteiger partial charge in [0.15, 0.2) is 5.69 Å². The van der Waals surface area contributed by atoms with E-state index >= 15 is 0 Å². The number of aromatic nitrogens is 1. The zero-order valence-electron chi connectivity index (χ0n) is 13.3. The van der Waals surface area contributed by atoms with Crippen LogP contribution in [0.25, 0.3) is 0 Å². The zero-order chi connectivity index (χ0) is 17.2. The van der Waals surface area contributed by atoms with Gasteiger partial charge in [-0.2, -0.15) is 13.2 Å². The van der Waals surface area contributed by atoms with Crippen molar-refractivity contribution in [1.29, 1.82) is 0 Å². The normalized spacial score (nSPS) is 20.8. The fourth-order valence-corrected chi connectivity index (χ4v) is 3.78. The molecule has 23 heavy (non-hydrogen) atoms. The van der Waals surface area contributed by atoms with Gasteiger partial charge in [-0.3, -0.25) is 4.79 Å². The topological polar surface area (TPSA) is 59.2 Å². The third-order valence-corrected chi connectivity index (χ3v) is 4.94. The molecule has 0 aromatic carbocycles. The van der Waals surface area contributed by atoms with E-state index in [1.165, 1.54) is 0 Å². The van der Waals surface area contributed by atoms with Gasteiger partial charge in [0, 0.05) is 24.4 Å². The number of halogens is 3. The molecule has 0 spiro atoms. The van der Waals surface area contributed by atoms with Crippen molar-refractivity contribution >= 4 is 17.2 Å². The molecule has 2 atom stereocenters. The van der Waals surface area contributed by atoms with Crippen molar-refractivity contribution in [1.82, 2.24) is 9.88 Å². The summed E-state index contributed by atoms with van der Waals surface area (Å²) >= 11 is 1.02. The van der Waals surface area contributed by atoms with E-state index in [1.807, 2.05) is 13.8 Å². The van der Waals surface area contributed by atoms with E-state index in [9.17, 15) is 18.0 Å². The Morgan fingerprint density at radius 1 is 1.52 bits per heavy atom. The molecule has 1 aromatic heterocycles. The monoisotopic (exact) mass is 349 g/mol. The molecule has 1 aliphatic heterocycles. The smallest absolute Gasteiger partial charge is 0.341 e. The molecule has 1 aromatic rings. The maximum absolute atomic E-state index is 12.7. The van der Waals surface area contributed by atoms with Crippen LogP contribution in [0.5, 0.6) is 0 Å². The van der Waals surface area contributed by atoms with Gasteiger partial charge in [0.05, 0.1) is 11.0 Å². The van der Waals surface area contributed by atoms with Gasteiger partial charge < -0.3 is 10.6 Å². The lowest BCUT2D eigenvalue weighted by molar-refractivity contribution is -0.141. The fourth-order valence-electron chi connectivity index (χ4n) is 2.83. The van der Waals surface area contributed by atoms with Crippen LogP contribution >= 0.6 is 11.3 Å². The highest BCUT2D eigenvalue weighted by Gasteiger charge is 2.36. The van der Waals surface area contributed by atoms with E-state index in [0.717, 1.165) is 29.6 Å². The lowest BCUT2D eigenvalue weighted by Crippen LogP contribution is -2.48. The summed E-state index contributed by atoms with van der Waals surface area (Å²) in [7, 11) is 0. The minimum absolute atomic E-state index is 0.115. The predicted molar refractivity (Wildman–Crippen MR) is 83.1 cm³/mol. The Hall–Kier alpha value is -1.15. The molecule has 0 bridgehead atoms. The molecule has 0 unspecified atom stereocenters. The van der Waals surface area contributed by atoms with Crippen LogP contribution in [0.1, 0.15) is 49.7 Å². The summed E-state index contributed by atoms with van der Waals surface area (Å²) in [5.41, 5.74) is 5.09. The van der Waals surface area contributed by atoms with Crippen molar-refractivity contribution in [2.45, 2.75) is 51.2 Å². The Morgan fingerprint density at radius 3 is 2.78 bits per heavy atom. The molecule has 1 amide bonds. The van der Waals surface area contributed by atoms with Crippen molar-refractivity contribution in [3.8, 4) is 0 Å². The van der Waals surface area contributed by atoms with Gasteiger partial charge in [0.25, 0.3) is 0 Å². The largest absolute Gasteiger partial charge is 0.434 e. The Labute approximate surface area is 137 Å². The number of hydrogen-bond donors (Lipinski definition) is 1. The molecule has 8 heteroatoms. The van der Waals surface area contributed by atoms with E-state index < -0.39 is 17.9 Å². The highest BCUT2D eigenvalue weighted by Crippen LogP contribution is 2.35. The number of carbonyl (C=O) groups is 1. The van der Waals surface area contributed by atoms with Crippen LogP contribution in [0.2, 0.25) is 0 Å². The maximum atomic E-state index is 12.7. The average Bonchev–Trinajstić information content (AvgIpc) is 2.95. The highest BCUT2D eigenvalue weighted by atomic mass is 32.1. The second kappa shape index (κ2) is 7.17. The first-order valence-electron chi connectivity index (χ1n) is 7.75. The van der Waals surface area contributed by atoms with E-state index in [0.29, 0.717) is 30.4 Å². The van der Waals surface area contributed by atoms with Crippen LogP contribution in [0.3, 0.4) is 0 Å². The Balaban J connectivity index is 2.03. The number of nitrogens with zero attached hydrogens (tertiary/aromatic N) is 2. The van der Waals surface area contributed by atoms with Gasteiger partial charge in [-0.05, 0) is 25.2 Å². The van der Waals surface area contributed by atoms with Crippen molar-refractivity contribution in [2.75, 3.05) is 13.1 Å². The van der Waals surface area contributed by atoms with Crippen LogP contribution < -0.4 is 5.73 Å². The van der Waals surface area contributed by atoms with E-state index in [2.05, 4.69) is 4.98 Å². The molecule has 2 heterocycles. The number of thiazole rings is 1. The number of rotatable bonds is 4. The Kier molecular flexibility index (Phi) is 5.67. The van der Waals surface area contributed by atoms with E-state index in [1.54, 1.807) is 4.90 Å². The van der Waals surface area contributed by atoms with Gasteiger partial charge in [0.1, 0.15) is 0 Å². The van der Waals surface area contributed by atoms with Gasteiger partial charge in [-0.25, -0.2) is 4.98 Å². The second-order valence-electron chi connectivity index (χ2n) is 6.43. The quantitative estimate of drug-likeness (QED) is 0.908. The molecule has 0 radical (unpaired) electrons. The third kappa shape index (κ3) is 4.67. The van der Waals surface area contributed by atoms with Crippen molar-refractivity contribution in [3.05, 3.63) is 16.1 Å². The van der Waals surface area contributed by atoms with Crippen LogP contribution in [-0.4, -0.2) is 34.9 Å². The lowest BCUT2D eigenvalue weighted by Gasteiger charge is -2.33. The van der Waals surface area contributed by atoms with Gasteiger partial charge in [-0.1, -0.05) is 13.8 Å². The standard InChI is InChI=1S/C15H22F3N3OS/c1-9(2)6-11(19)14(22)21-5-3-4-10(7-21)13-20-12(8-23-13)15(16,17)18/h8-11H,3-7,19H2,1-2H3/t10-,11-/m0/s1. The third-order valence-electron chi connectivity index (χ3n) is 3.94. The minimum Gasteiger partial charge on any atom is -0.341 e. The molecule has 4 nitrogen and oxygen atoms in total. The number of likely N-dealkylation sites (tertiary alicyclic amines) is 1. The summed E-state index contributed by atoms with van der Waals surface area (Å²) in [6.07, 6.45) is -2.31. The summed E-state index contributed by atoms with van der Waals surface area (Å²) in [5.74, 6) is 0.0684. The van der Waals surface area contributed by atoms with Gasteiger partial charge in [0.2, 0.25) is 5.91 Å². The molecule has 1 aliphatic rings. The summed E-state index contributed by atoms with van der Waals surface area (Å²) in [5, 5.41) is 1.49. The van der Waals surface area contributed by atoms with Crippen LogP contribution in [0, 0.1) is 5.92 Å². The van der Waals surface area contributed by atoms with Crippen molar-refractivity contribution in [2.24, 2.45) is 11.7 Å². The van der Waals surface area contributed by atoms with Gasteiger partial charge in [-0.15, -0.1) is 11.3 Å². The number of amides is 1. The molecule has 1 saturated heterocycles. The molecule has 1 fully saturated rings. The molecule has 0 aliphatic carbocycles. The first-order valence-corrected chi connectivity index (χ1v) is 8.63. The number of piperidine rings is 1. The molecule has 0 saturated carbocycles. The Bertz CT molecular complexity index is 544. The van der Waals surface area contributed by atoms with Crippen LogP contribution in [-0.2, 0) is 11.0 Å². The summed E-state index contributed by atoms with van der Waals surface area (Å²) in [6.45, 7) is 5.01. The molecular formula is C15H22F3N3OS. The van der Waals surface area contributed by atoms with Crippen molar-refractivity contribution < 1.29 is 18.0 Å². The fraction of sp³-hybridized carbons (Fsp3) is 0.733. The zero-order valence-corrected chi connectivity index (χ0v) is 14.1. The average molecular weight is 349 g/mol. The molecule has 2 rings (SSSR count). The maximum Gasteiger partial charge on any atom is 0.434 e. The Morgan fingerprint density at radius 2 is 2.22 bits per heavy atom. The SMILES string of the molecule is CC(C)C[C@H](N)C(=O)N1CCC[C@H](c2nc(C(F)(F)F)cs2)C1. The number of alkyl halides is 3. The van der Waals surface area contributed by atoms with E-state index in [4.69, 9.17) is 5.73 Å². The van der Waals surface area contributed by atoms with Crippen molar-refractivity contribution in [3.63, 3.8) is 0 Å². The first-order chi connectivity index (χ1) is 10.7. The highest BCUT2D eigenvalue weighted by molar-refractivity contribution is 7.09. The minimum atomic E-state index is -4.42. The molecular weight excluding hydrogens is 327 g/mol. The predicted octanol–water partition coefficient (Wildman–Crippen LogP) is 3.24. The second-order valence-corrected chi connectivity index (χ2v) is 7.32. The molecule has 130 valence electrons. The van der Waals surface area contributed by atoms with E-state index in [-0.39, 0.29) is 11.8 Å².